The molecule has 2 aliphatic rings. The Balaban J connectivity index is 1.39. The number of aryl methyl sites for hydroxylation is 1. The molecule has 2 aliphatic heterocycles. The lowest BCUT2D eigenvalue weighted by molar-refractivity contribution is 0.00995. The molecule has 5 nitrogen and oxygen atoms in total. The van der Waals surface area contributed by atoms with Crippen LogP contribution in [0.25, 0.3) is 0 Å². The summed E-state index contributed by atoms with van der Waals surface area (Å²) in [6.07, 6.45) is 5.12. The lowest BCUT2D eigenvalue weighted by atomic mass is 9.98. The van der Waals surface area contributed by atoms with Crippen LogP contribution < -0.4 is 4.74 Å². The van der Waals surface area contributed by atoms with Gasteiger partial charge in [-0.15, -0.1) is 0 Å². The summed E-state index contributed by atoms with van der Waals surface area (Å²) in [6.45, 7) is 3.92. The molecule has 1 aromatic heterocycles. The number of likely N-dealkylation sites (tertiary alicyclic amines) is 1. The van der Waals surface area contributed by atoms with E-state index >= 15 is 0 Å². The van der Waals surface area contributed by atoms with Gasteiger partial charge >= 0.3 is 0 Å². The molecule has 2 atom stereocenters. The van der Waals surface area contributed by atoms with Crippen molar-refractivity contribution in [1.82, 2.24) is 9.88 Å². The van der Waals surface area contributed by atoms with Gasteiger partial charge in [0.2, 0.25) is 0 Å². The largest absolute Gasteiger partial charge is 0.486 e. The fourth-order valence-electron chi connectivity index (χ4n) is 3.75. The monoisotopic (exact) mass is 338 g/mol. The number of pyridine rings is 1. The predicted molar refractivity (Wildman–Crippen MR) is 93.7 cm³/mol. The number of benzene rings is 1. The van der Waals surface area contributed by atoms with Crippen LogP contribution in [0.2, 0.25) is 0 Å². The first-order valence-electron chi connectivity index (χ1n) is 8.70. The minimum absolute atomic E-state index is 0.0122. The van der Waals surface area contributed by atoms with Gasteiger partial charge in [0, 0.05) is 24.7 Å². The third-order valence-corrected chi connectivity index (χ3v) is 4.98. The van der Waals surface area contributed by atoms with Crippen molar-refractivity contribution < 1.29 is 14.3 Å². The Bertz CT molecular complexity index is 765. The third-order valence-electron chi connectivity index (χ3n) is 4.98. The van der Waals surface area contributed by atoms with E-state index in [1.54, 1.807) is 12.4 Å². The van der Waals surface area contributed by atoms with Gasteiger partial charge in [0.05, 0.1) is 24.9 Å². The van der Waals surface area contributed by atoms with Gasteiger partial charge < -0.3 is 14.4 Å². The highest BCUT2D eigenvalue weighted by Gasteiger charge is 2.47. The van der Waals surface area contributed by atoms with E-state index in [-0.39, 0.29) is 17.6 Å². The molecule has 2 saturated heterocycles. The van der Waals surface area contributed by atoms with Crippen molar-refractivity contribution in [2.24, 2.45) is 0 Å². The van der Waals surface area contributed by atoms with Crippen molar-refractivity contribution in [3.63, 3.8) is 0 Å². The first kappa shape index (κ1) is 16.1. The van der Waals surface area contributed by atoms with Crippen LogP contribution in [-0.4, -0.2) is 47.2 Å². The maximum Gasteiger partial charge on any atom is 0.253 e. The molecule has 130 valence electrons. The standard InChI is InChI=1S/C20H22N2O3/c1-15-4-2-5-16(10-15)19(23)22-9-7-20(14-22)11-18(13-24-20)25-17-6-3-8-21-12-17/h2-6,8,10,12,18H,7,9,11,13-14H2,1H3/t18-,20+/m1/s1. The average molecular weight is 338 g/mol. The van der Waals surface area contributed by atoms with E-state index in [2.05, 4.69) is 4.98 Å². The first-order chi connectivity index (χ1) is 12.1. The number of amides is 1. The Morgan fingerprint density at radius 1 is 1.36 bits per heavy atom. The molecule has 25 heavy (non-hydrogen) atoms. The fraction of sp³-hybridized carbons (Fsp3) is 0.400. The van der Waals surface area contributed by atoms with E-state index in [1.165, 1.54) is 0 Å². The number of hydrogen-bond acceptors (Lipinski definition) is 4. The lowest BCUT2D eigenvalue weighted by Gasteiger charge is -2.23. The molecule has 1 amide bonds. The Morgan fingerprint density at radius 3 is 3.08 bits per heavy atom. The van der Waals surface area contributed by atoms with E-state index in [1.807, 2.05) is 48.2 Å². The summed E-state index contributed by atoms with van der Waals surface area (Å²) in [5.41, 5.74) is 1.58. The smallest absolute Gasteiger partial charge is 0.253 e. The SMILES string of the molecule is Cc1cccc(C(=O)N2CC[C@]3(C[C@@H](Oc4cccnc4)CO3)C2)c1. The maximum atomic E-state index is 12.7. The summed E-state index contributed by atoms with van der Waals surface area (Å²) in [5.74, 6) is 0.847. The lowest BCUT2D eigenvalue weighted by Crippen LogP contribution is -2.36. The highest BCUT2D eigenvalue weighted by molar-refractivity contribution is 5.94. The van der Waals surface area contributed by atoms with Gasteiger partial charge in [-0.05, 0) is 37.6 Å². The van der Waals surface area contributed by atoms with Crippen molar-refractivity contribution in [2.75, 3.05) is 19.7 Å². The summed E-state index contributed by atoms with van der Waals surface area (Å²) in [7, 11) is 0. The van der Waals surface area contributed by atoms with E-state index in [9.17, 15) is 4.79 Å². The van der Waals surface area contributed by atoms with Gasteiger partial charge in [0.25, 0.3) is 5.91 Å². The minimum atomic E-state index is -0.271. The van der Waals surface area contributed by atoms with Crippen LogP contribution in [-0.2, 0) is 4.74 Å². The number of nitrogens with zero attached hydrogens (tertiary/aromatic N) is 2. The third kappa shape index (κ3) is 3.37. The van der Waals surface area contributed by atoms with Gasteiger partial charge in [-0.25, -0.2) is 0 Å². The van der Waals surface area contributed by atoms with Crippen LogP contribution in [0.1, 0.15) is 28.8 Å². The van der Waals surface area contributed by atoms with E-state index < -0.39 is 0 Å². The Morgan fingerprint density at radius 2 is 2.28 bits per heavy atom. The van der Waals surface area contributed by atoms with Gasteiger partial charge in [0.15, 0.2) is 0 Å². The zero-order valence-electron chi connectivity index (χ0n) is 14.4. The summed E-state index contributed by atoms with van der Waals surface area (Å²) in [4.78, 5) is 18.7. The second-order valence-corrected chi connectivity index (χ2v) is 6.97. The number of ether oxygens (including phenoxy) is 2. The van der Waals surface area contributed by atoms with Crippen LogP contribution in [0, 0.1) is 6.92 Å². The van der Waals surface area contributed by atoms with Crippen LogP contribution in [0.15, 0.2) is 48.8 Å². The van der Waals surface area contributed by atoms with E-state index in [0.717, 1.165) is 36.3 Å². The summed E-state index contributed by atoms with van der Waals surface area (Å²) >= 11 is 0. The number of rotatable bonds is 3. The van der Waals surface area contributed by atoms with Crippen molar-refractivity contribution >= 4 is 5.91 Å². The molecular weight excluding hydrogens is 316 g/mol. The van der Waals surface area contributed by atoms with Crippen LogP contribution in [0.5, 0.6) is 5.75 Å². The van der Waals surface area contributed by atoms with Crippen molar-refractivity contribution in [3.8, 4) is 5.75 Å². The number of hydrogen-bond donors (Lipinski definition) is 0. The Labute approximate surface area is 147 Å². The molecule has 1 aromatic carbocycles. The highest BCUT2D eigenvalue weighted by Crippen LogP contribution is 2.37. The van der Waals surface area contributed by atoms with Gasteiger partial charge in [-0.1, -0.05) is 17.7 Å². The molecule has 0 bridgehead atoms. The molecule has 1 spiro atoms. The molecular formula is C20H22N2O3. The Hall–Kier alpha value is -2.40. The second kappa shape index (κ2) is 6.48. The van der Waals surface area contributed by atoms with E-state index in [4.69, 9.17) is 9.47 Å². The summed E-state index contributed by atoms with van der Waals surface area (Å²) < 4.78 is 12.1. The van der Waals surface area contributed by atoms with Crippen LogP contribution in [0.3, 0.4) is 0 Å². The number of carbonyl (C=O) groups excluding carboxylic acids is 1. The predicted octanol–water partition coefficient (Wildman–Crippen LogP) is 2.84. The molecule has 0 aliphatic carbocycles. The van der Waals surface area contributed by atoms with Crippen LogP contribution in [0.4, 0.5) is 0 Å². The molecule has 0 saturated carbocycles. The van der Waals surface area contributed by atoms with Gasteiger partial charge in [0.1, 0.15) is 11.9 Å². The molecule has 2 aromatic rings. The highest BCUT2D eigenvalue weighted by atomic mass is 16.6. The topological polar surface area (TPSA) is 51.7 Å². The van der Waals surface area contributed by atoms with Gasteiger partial charge in [-0.3, -0.25) is 9.78 Å². The molecule has 0 unspecified atom stereocenters. The number of aromatic nitrogens is 1. The second-order valence-electron chi connectivity index (χ2n) is 6.97. The number of carbonyl (C=O) groups is 1. The Kier molecular flexibility index (Phi) is 4.17. The summed E-state index contributed by atoms with van der Waals surface area (Å²) in [6, 6.07) is 11.5. The quantitative estimate of drug-likeness (QED) is 0.863. The molecule has 0 radical (unpaired) electrons. The zero-order valence-corrected chi connectivity index (χ0v) is 14.4. The molecule has 0 N–H and O–H groups in total. The molecule has 4 rings (SSSR count). The van der Waals surface area contributed by atoms with Crippen molar-refractivity contribution in [3.05, 3.63) is 59.9 Å². The van der Waals surface area contributed by atoms with Crippen molar-refractivity contribution in [1.29, 1.82) is 0 Å². The van der Waals surface area contributed by atoms with Gasteiger partial charge in [-0.2, -0.15) is 0 Å². The summed E-state index contributed by atoms with van der Waals surface area (Å²) in [5, 5.41) is 0. The molecule has 5 heteroatoms. The van der Waals surface area contributed by atoms with Crippen LogP contribution >= 0.6 is 0 Å². The maximum absolute atomic E-state index is 12.7. The zero-order chi connectivity index (χ0) is 17.3. The normalized spacial score (nSPS) is 25.5. The minimum Gasteiger partial charge on any atom is -0.486 e. The van der Waals surface area contributed by atoms with E-state index in [0.29, 0.717) is 13.2 Å². The molecule has 2 fully saturated rings. The molecule has 3 heterocycles. The first-order valence-corrected chi connectivity index (χ1v) is 8.70. The van der Waals surface area contributed by atoms with Crippen molar-refractivity contribution in [2.45, 2.75) is 31.5 Å². The fourth-order valence-corrected chi connectivity index (χ4v) is 3.75. The average Bonchev–Trinajstić information content (AvgIpc) is 3.22.